The van der Waals surface area contributed by atoms with Crippen molar-refractivity contribution < 1.29 is 19.1 Å². The van der Waals surface area contributed by atoms with E-state index in [0.29, 0.717) is 30.1 Å². The monoisotopic (exact) mass is 569 g/mol. The minimum atomic E-state index is -0.614. The normalized spacial score (nSPS) is 16.1. The Morgan fingerprint density at radius 2 is 2.05 bits per heavy atom. The van der Waals surface area contributed by atoms with Crippen LogP contribution in [0.1, 0.15) is 55.7 Å². The fourth-order valence-electron chi connectivity index (χ4n) is 5.81. The molecule has 6 rings (SSSR count). The second-order valence-corrected chi connectivity index (χ2v) is 11.6. The van der Waals surface area contributed by atoms with Crippen LogP contribution in [0.5, 0.6) is 0 Å². The molecule has 4 aromatic rings. The maximum Gasteiger partial charge on any atom is 0.261 e. The Morgan fingerprint density at radius 1 is 1.22 bits per heavy atom. The summed E-state index contributed by atoms with van der Waals surface area (Å²) in [6.45, 7) is 5.38. The van der Waals surface area contributed by atoms with Crippen molar-refractivity contribution in [1.82, 2.24) is 20.0 Å². The van der Waals surface area contributed by atoms with Crippen molar-refractivity contribution in [2.24, 2.45) is 5.73 Å². The Morgan fingerprint density at radius 3 is 2.85 bits per heavy atom. The van der Waals surface area contributed by atoms with Gasteiger partial charge in [-0.05, 0) is 71.2 Å². The number of nitrogens with one attached hydrogen (secondary N) is 1. The molecule has 2 aromatic heterocycles. The molecule has 41 heavy (non-hydrogen) atoms. The first kappa shape index (κ1) is 26.9. The van der Waals surface area contributed by atoms with Crippen LogP contribution in [-0.2, 0) is 29.0 Å². The van der Waals surface area contributed by atoms with E-state index in [9.17, 15) is 14.4 Å². The number of nitrogens with two attached hydrogens (primary N) is 1. The van der Waals surface area contributed by atoms with Gasteiger partial charge in [0.25, 0.3) is 11.8 Å². The molecule has 1 atom stereocenters. The first-order chi connectivity index (χ1) is 19.8. The minimum absolute atomic E-state index is 0.0931. The number of carbonyl (C=O) groups excluding carboxylic acids is 3. The quantitative estimate of drug-likeness (QED) is 0.293. The van der Waals surface area contributed by atoms with Crippen molar-refractivity contribution in [3.05, 3.63) is 88.1 Å². The summed E-state index contributed by atoms with van der Waals surface area (Å²) in [6, 6.07) is 13.6. The lowest BCUT2D eigenvalue weighted by Crippen LogP contribution is -2.32. The van der Waals surface area contributed by atoms with Gasteiger partial charge >= 0.3 is 0 Å². The van der Waals surface area contributed by atoms with Gasteiger partial charge in [-0.3, -0.25) is 19.1 Å². The van der Waals surface area contributed by atoms with E-state index in [1.165, 1.54) is 16.9 Å². The van der Waals surface area contributed by atoms with Gasteiger partial charge in [-0.25, -0.2) is 0 Å². The van der Waals surface area contributed by atoms with Crippen molar-refractivity contribution in [2.75, 3.05) is 20.3 Å². The molecular weight excluding hydrogens is 538 g/mol. The van der Waals surface area contributed by atoms with Gasteiger partial charge in [0.05, 0.1) is 42.5 Å². The molecule has 1 unspecified atom stereocenters. The number of benzene rings is 2. The lowest BCUT2D eigenvalue weighted by atomic mass is 9.93. The average molecular weight is 570 g/mol. The van der Waals surface area contributed by atoms with Crippen molar-refractivity contribution in [3.8, 4) is 11.1 Å². The standard InChI is InChI=1S/C31H31N5O4S/c1-18(29(32)37)16-35-17-24-22(6-4-7-23(24)31(35)39)19-9-10-26-21(13-19)14-27(41-26)30(38)34-25-8-3-5-20-15-33-36(28(20)25)11-12-40-2/h4,6-7,9-10,13-15,25H,1,3,5,8,11-12,16-17H2,2H3,(H2,32,37)(H,34,38). The zero-order valence-electron chi connectivity index (χ0n) is 22.8. The van der Waals surface area contributed by atoms with Gasteiger partial charge in [0.15, 0.2) is 0 Å². The molecule has 1 aliphatic carbocycles. The molecule has 2 aromatic carbocycles. The Labute approximate surface area is 241 Å². The number of rotatable bonds is 9. The highest BCUT2D eigenvalue weighted by molar-refractivity contribution is 7.20. The van der Waals surface area contributed by atoms with E-state index in [0.717, 1.165) is 51.7 Å². The fraction of sp³-hybridized carbons (Fsp3) is 0.290. The van der Waals surface area contributed by atoms with E-state index in [1.807, 2.05) is 41.2 Å². The highest BCUT2D eigenvalue weighted by Gasteiger charge is 2.31. The van der Waals surface area contributed by atoms with Crippen LogP contribution in [0.15, 0.2) is 60.8 Å². The Hall–Kier alpha value is -4.28. The van der Waals surface area contributed by atoms with Crippen LogP contribution < -0.4 is 11.1 Å². The van der Waals surface area contributed by atoms with Crippen LogP contribution in [0.2, 0.25) is 0 Å². The number of methoxy groups -OCH3 is 1. The summed E-state index contributed by atoms with van der Waals surface area (Å²) >= 11 is 1.46. The van der Waals surface area contributed by atoms with Crippen LogP contribution >= 0.6 is 11.3 Å². The number of hydrogen-bond donors (Lipinski definition) is 2. The molecule has 0 fully saturated rings. The zero-order valence-corrected chi connectivity index (χ0v) is 23.6. The van der Waals surface area contributed by atoms with E-state index >= 15 is 0 Å². The summed E-state index contributed by atoms with van der Waals surface area (Å²) in [5.41, 5.74) is 11.2. The Bertz CT molecular complexity index is 1700. The smallest absolute Gasteiger partial charge is 0.261 e. The number of fused-ring (bicyclic) bond motifs is 3. The van der Waals surface area contributed by atoms with Gasteiger partial charge in [-0.1, -0.05) is 24.8 Å². The molecule has 9 nitrogen and oxygen atoms in total. The van der Waals surface area contributed by atoms with Crippen LogP contribution in [0.25, 0.3) is 21.2 Å². The lowest BCUT2D eigenvalue weighted by molar-refractivity contribution is -0.114. The number of aromatic nitrogens is 2. The van der Waals surface area contributed by atoms with Crippen LogP contribution in [-0.4, -0.2) is 52.7 Å². The highest BCUT2D eigenvalue weighted by Crippen LogP contribution is 2.36. The average Bonchev–Trinajstić information content (AvgIpc) is 3.67. The lowest BCUT2D eigenvalue weighted by Gasteiger charge is -2.25. The maximum atomic E-state index is 13.4. The summed E-state index contributed by atoms with van der Waals surface area (Å²) in [5.74, 6) is -0.853. The second-order valence-electron chi connectivity index (χ2n) is 10.5. The molecule has 10 heteroatoms. The van der Waals surface area contributed by atoms with Gasteiger partial charge in [0, 0.05) is 29.5 Å². The van der Waals surface area contributed by atoms with Gasteiger partial charge in [-0.15, -0.1) is 11.3 Å². The summed E-state index contributed by atoms with van der Waals surface area (Å²) in [4.78, 5) is 40.1. The number of carbonyl (C=O) groups is 3. The van der Waals surface area contributed by atoms with E-state index in [1.54, 1.807) is 18.1 Å². The first-order valence-electron chi connectivity index (χ1n) is 13.6. The number of nitrogens with zero attached hydrogens (tertiary/aromatic N) is 3. The predicted molar refractivity (Wildman–Crippen MR) is 158 cm³/mol. The van der Waals surface area contributed by atoms with Crippen LogP contribution in [0.4, 0.5) is 0 Å². The van der Waals surface area contributed by atoms with E-state index in [-0.39, 0.29) is 30.0 Å². The van der Waals surface area contributed by atoms with Crippen LogP contribution in [0.3, 0.4) is 0 Å². The van der Waals surface area contributed by atoms with Crippen molar-refractivity contribution >= 4 is 39.1 Å². The van der Waals surface area contributed by atoms with Gasteiger partial charge in [-0.2, -0.15) is 5.10 Å². The third kappa shape index (κ3) is 5.05. The van der Waals surface area contributed by atoms with Crippen molar-refractivity contribution in [1.29, 1.82) is 0 Å². The summed E-state index contributed by atoms with van der Waals surface area (Å²) in [5, 5.41) is 8.75. The van der Waals surface area contributed by atoms with Crippen LogP contribution in [0, 0.1) is 0 Å². The molecular formula is C31H31N5O4S. The maximum absolute atomic E-state index is 13.4. The number of thiophene rings is 1. The molecule has 0 spiro atoms. The highest BCUT2D eigenvalue weighted by atomic mass is 32.1. The topological polar surface area (TPSA) is 120 Å². The van der Waals surface area contributed by atoms with Gasteiger partial charge in [0.1, 0.15) is 0 Å². The number of aryl methyl sites for hydroxylation is 1. The summed E-state index contributed by atoms with van der Waals surface area (Å²) < 4.78 is 8.20. The molecule has 2 aliphatic rings. The molecule has 0 radical (unpaired) electrons. The molecule has 3 N–H and O–H groups in total. The Kier molecular flexibility index (Phi) is 7.19. The largest absolute Gasteiger partial charge is 0.383 e. The molecule has 3 heterocycles. The van der Waals surface area contributed by atoms with E-state index < -0.39 is 5.91 Å². The van der Waals surface area contributed by atoms with Crippen molar-refractivity contribution in [3.63, 3.8) is 0 Å². The summed E-state index contributed by atoms with van der Waals surface area (Å²) in [7, 11) is 1.67. The van der Waals surface area contributed by atoms with E-state index in [2.05, 4.69) is 23.1 Å². The zero-order chi connectivity index (χ0) is 28.7. The number of amides is 3. The SMILES string of the molecule is C=C(CN1Cc2c(cccc2-c2ccc3sc(C(=O)NC4CCCc5cnn(CCOC)c54)cc3c2)C1=O)C(N)=O. The number of hydrogen-bond acceptors (Lipinski definition) is 6. The third-order valence-electron chi connectivity index (χ3n) is 7.87. The minimum Gasteiger partial charge on any atom is -0.383 e. The van der Waals surface area contributed by atoms with E-state index in [4.69, 9.17) is 10.5 Å². The molecule has 0 saturated carbocycles. The second kappa shape index (κ2) is 10.9. The molecule has 3 amide bonds. The molecule has 1 aliphatic heterocycles. The summed E-state index contributed by atoms with van der Waals surface area (Å²) in [6.07, 6.45) is 4.74. The fourth-order valence-corrected chi connectivity index (χ4v) is 6.76. The molecule has 0 saturated heterocycles. The predicted octanol–water partition coefficient (Wildman–Crippen LogP) is 4.22. The van der Waals surface area contributed by atoms with Gasteiger partial charge < -0.3 is 20.7 Å². The number of primary amides is 1. The van der Waals surface area contributed by atoms with Gasteiger partial charge in [0.2, 0.25) is 5.91 Å². The Balaban J connectivity index is 1.24. The first-order valence-corrected chi connectivity index (χ1v) is 14.4. The molecule has 0 bridgehead atoms. The van der Waals surface area contributed by atoms with Crippen molar-refractivity contribution in [2.45, 2.75) is 38.4 Å². The number of ether oxygens (including phenoxy) is 1. The third-order valence-corrected chi connectivity index (χ3v) is 8.98. The molecule has 210 valence electrons.